The number of hydrogen-bond donors (Lipinski definition) is 2. The number of thioether (sulfide) groups is 1. The molecule has 2 rings (SSSR count). The molecule has 0 unspecified atom stereocenters. The molecule has 3 amide bonds. The first kappa shape index (κ1) is 18.0. The van der Waals surface area contributed by atoms with Gasteiger partial charge in [0.05, 0.1) is 29.3 Å². The van der Waals surface area contributed by atoms with Crippen molar-refractivity contribution in [1.82, 2.24) is 14.9 Å². The van der Waals surface area contributed by atoms with Crippen molar-refractivity contribution in [2.45, 2.75) is 23.9 Å². The van der Waals surface area contributed by atoms with Crippen molar-refractivity contribution in [3.05, 3.63) is 34.6 Å². The van der Waals surface area contributed by atoms with E-state index in [4.69, 9.17) is 10.5 Å². The molecule has 0 bridgehead atoms. The van der Waals surface area contributed by atoms with E-state index < -0.39 is 17.2 Å². The van der Waals surface area contributed by atoms with E-state index in [1.807, 2.05) is 5.32 Å². The number of benzene rings is 1. The minimum atomic E-state index is -0.921. The second-order valence-electron chi connectivity index (χ2n) is 4.97. The molecular formula is C15H18N4O4S. The second kappa shape index (κ2) is 7.93. The zero-order valence-electron chi connectivity index (χ0n) is 13.3. The highest BCUT2D eigenvalue weighted by molar-refractivity contribution is 8.00. The third-order valence-electron chi connectivity index (χ3n) is 3.24. The molecule has 8 nitrogen and oxygen atoms in total. The van der Waals surface area contributed by atoms with Gasteiger partial charge in [-0.25, -0.2) is 9.78 Å². The zero-order valence-corrected chi connectivity index (χ0v) is 14.1. The van der Waals surface area contributed by atoms with Crippen molar-refractivity contribution in [1.29, 1.82) is 0 Å². The van der Waals surface area contributed by atoms with Gasteiger partial charge >= 0.3 is 6.03 Å². The second-order valence-corrected chi connectivity index (χ2v) is 6.28. The SMILES string of the molecule is COCCn1c(S[C@H](C)C(=O)NC(N)=O)nc2ccccc2c1=O. The van der Waals surface area contributed by atoms with Gasteiger partial charge in [0.1, 0.15) is 0 Å². The fourth-order valence-corrected chi connectivity index (χ4v) is 2.99. The number of amides is 3. The fourth-order valence-electron chi connectivity index (χ4n) is 2.05. The summed E-state index contributed by atoms with van der Waals surface area (Å²) in [5, 5.41) is 2.23. The molecule has 0 spiro atoms. The first-order chi connectivity index (χ1) is 11.4. The van der Waals surface area contributed by atoms with Gasteiger partial charge in [0.25, 0.3) is 5.56 Å². The predicted molar refractivity (Wildman–Crippen MR) is 90.9 cm³/mol. The number of methoxy groups -OCH3 is 1. The number of carbonyl (C=O) groups is 2. The van der Waals surface area contributed by atoms with Crippen molar-refractivity contribution in [3.8, 4) is 0 Å². The Morgan fingerprint density at radius 2 is 2.12 bits per heavy atom. The number of primary amides is 1. The molecule has 0 aliphatic carbocycles. The molecule has 0 saturated heterocycles. The van der Waals surface area contributed by atoms with Gasteiger partial charge in [0.2, 0.25) is 5.91 Å². The van der Waals surface area contributed by atoms with Crippen LogP contribution in [0.2, 0.25) is 0 Å². The first-order valence-electron chi connectivity index (χ1n) is 7.19. The van der Waals surface area contributed by atoms with Crippen molar-refractivity contribution in [3.63, 3.8) is 0 Å². The van der Waals surface area contributed by atoms with E-state index in [1.54, 1.807) is 31.2 Å². The van der Waals surface area contributed by atoms with Crippen LogP contribution in [0.3, 0.4) is 0 Å². The Morgan fingerprint density at radius 3 is 2.79 bits per heavy atom. The maximum atomic E-state index is 12.7. The highest BCUT2D eigenvalue weighted by Gasteiger charge is 2.20. The summed E-state index contributed by atoms with van der Waals surface area (Å²) in [6.07, 6.45) is 0. The minimum Gasteiger partial charge on any atom is -0.383 e. The van der Waals surface area contributed by atoms with Crippen molar-refractivity contribution in [2.75, 3.05) is 13.7 Å². The van der Waals surface area contributed by atoms with E-state index in [-0.39, 0.29) is 5.56 Å². The molecule has 2 aromatic rings. The lowest BCUT2D eigenvalue weighted by atomic mass is 10.2. The molecule has 24 heavy (non-hydrogen) atoms. The number of aromatic nitrogens is 2. The van der Waals surface area contributed by atoms with Crippen molar-refractivity contribution < 1.29 is 14.3 Å². The Labute approximate surface area is 142 Å². The van der Waals surface area contributed by atoms with Crippen molar-refractivity contribution >= 4 is 34.6 Å². The number of carbonyl (C=O) groups excluding carboxylic acids is 2. The predicted octanol–water partition coefficient (Wildman–Crippen LogP) is 0.718. The molecule has 3 N–H and O–H groups in total. The molecule has 0 aliphatic heterocycles. The smallest absolute Gasteiger partial charge is 0.318 e. The molecule has 0 saturated carbocycles. The summed E-state index contributed by atoms with van der Waals surface area (Å²) in [7, 11) is 1.54. The van der Waals surface area contributed by atoms with Crippen LogP contribution in [-0.2, 0) is 16.1 Å². The number of ether oxygens (including phenoxy) is 1. The van der Waals surface area contributed by atoms with Gasteiger partial charge in [-0.2, -0.15) is 0 Å². The Morgan fingerprint density at radius 1 is 1.42 bits per heavy atom. The standard InChI is InChI=1S/C15H18N4O4S/c1-9(12(20)18-14(16)22)24-15-17-11-6-4-3-5-10(11)13(21)19(15)7-8-23-2/h3-6,9H,7-8H2,1-2H3,(H3,16,18,20,22)/t9-/m1/s1. The summed E-state index contributed by atoms with van der Waals surface area (Å²) in [5.41, 5.74) is 5.29. The number of fused-ring (bicyclic) bond motifs is 1. The average molecular weight is 350 g/mol. The number of nitrogens with one attached hydrogen (secondary N) is 1. The molecular weight excluding hydrogens is 332 g/mol. The summed E-state index contributed by atoms with van der Waals surface area (Å²) in [4.78, 5) is 39.8. The Kier molecular flexibility index (Phi) is 5.93. The number of rotatable bonds is 6. The highest BCUT2D eigenvalue weighted by Crippen LogP contribution is 2.22. The summed E-state index contributed by atoms with van der Waals surface area (Å²) >= 11 is 1.08. The number of para-hydroxylation sites is 1. The number of hydrogen-bond acceptors (Lipinski definition) is 6. The molecule has 1 atom stereocenters. The average Bonchev–Trinajstić information content (AvgIpc) is 2.54. The van der Waals surface area contributed by atoms with E-state index in [1.165, 1.54) is 11.7 Å². The highest BCUT2D eigenvalue weighted by atomic mass is 32.2. The lowest BCUT2D eigenvalue weighted by Gasteiger charge is -2.15. The van der Waals surface area contributed by atoms with Gasteiger partial charge in [-0.1, -0.05) is 23.9 Å². The van der Waals surface area contributed by atoms with Crippen LogP contribution in [0.15, 0.2) is 34.2 Å². The minimum absolute atomic E-state index is 0.206. The number of imide groups is 1. The van der Waals surface area contributed by atoms with Gasteiger partial charge in [0.15, 0.2) is 5.16 Å². The molecule has 1 heterocycles. The Hall–Kier alpha value is -2.39. The number of nitrogens with zero attached hydrogens (tertiary/aromatic N) is 2. The molecule has 1 aromatic carbocycles. The monoisotopic (exact) mass is 350 g/mol. The van der Waals surface area contributed by atoms with Crippen LogP contribution in [0, 0.1) is 0 Å². The Balaban J connectivity index is 2.41. The lowest BCUT2D eigenvalue weighted by molar-refractivity contribution is -0.119. The maximum Gasteiger partial charge on any atom is 0.318 e. The number of nitrogens with two attached hydrogens (primary N) is 1. The van der Waals surface area contributed by atoms with Gasteiger partial charge in [-0.05, 0) is 19.1 Å². The largest absolute Gasteiger partial charge is 0.383 e. The third-order valence-corrected chi connectivity index (χ3v) is 4.33. The maximum absolute atomic E-state index is 12.7. The van der Waals surface area contributed by atoms with Gasteiger partial charge in [-0.15, -0.1) is 0 Å². The van der Waals surface area contributed by atoms with Crippen molar-refractivity contribution in [2.24, 2.45) is 5.73 Å². The Bertz CT molecular complexity index is 821. The van der Waals surface area contributed by atoms with E-state index in [9.17, 15) is 14.4 Å². The van der Waals surface area contributed by atoms with E-state index in [0.717, 1.165) is 11.8 Å². The van der Waals surface area contributed by atoms with E-state index in [0.29, 0.717) is 29.2 Å². The van der Waals surface area contributed by atoms with Gasteiger partial charge < -0.3 is 10.5 Å². The quantitative estimate of drug-likeness (QED) is 0.586. The van der Waals surface area contributed by atoms with Crippen LogP contribution >= 0.6 is 11.8 Å². The third kappa shape index (κ3) is 4.12. The van der Waals surface area contributed by atoms with Crippen LogP contribution in [0.5, 0.6) is 0 Å². The van der Waals surface area contributed by atoms with Gasteiger partial charge in [-0.3, -0.25) is 19.5 Å². The van der Waals surface area contributed by atoms with Crippen LogP contribution < -0.4 is 16.6 Å². The lowest BCUT2D eigenvalue weighted by Crippen LogP contribution is -2.39. The summed E-state index contributed by atoms with van der Waals surface area (Å²) < 4.78 is 6.50. The van der Waals surface area contributed by atoms with Crippen LogP contribution in [0.25, 0.3) is 10.9 Å². The van der Waals surface area contributed by atoms with Gasteiger partial charge in [0, 0.05) is 7.11 Å². The molecule has 9 heteroatoms. The summed E-state index contributed by atoms with van der Waals surface area (Å²) in [5.74, 6) is -0.548. The van der Waals surface area contributed by atoms with Crippen LogP contribution in [0.1, 0.15) is 6.92 Å². The molecule has 0 radical (unpaired) electrons. The normalized spacial score (nSPS) is 12.1. The van der Waals surface area contributed by atoms with E-state index >= 15 is 0 Å². The van der Waals surface area contributed by atoms with Crippen LogP contribution in [-0.4, -0.2) is 40.5 Å². The van der Waals surface area contributed by atoms with Crippen LogP contribution in [0.4, 0.5) is 4.79 Å². The number of urea groups is 1. The summed E-state index contributed by atoms with van der Waals surface area (Å²) in [6, 6.07) is 6.06. The molecule has 0 fully saturated rings. The fraction of sp³-hybridized carbons (Fsp3) is 0.333. The van der Waals surface area contributed by atoms with E-state index in [2.05, 4.69) is 4.98 Å². The molecule has 128 valence electrons. The first-order valence-corrected chi connectivity index (χ1v) is 8.07. The zero-order chi connectivity index (χ0) is 17.7. The molecule has 1 aromatic heterocycles. The molecule has 0 aliphatic rings. The summed E-state index contributed by atoms with van der Waals surface area (Å²) in [6.45, 7) is 2.24. The topological polar surface area (TPSA) is 116 Å².